The molecule has 39 heavy (non-hydrogen) atoms. The van der Waals surface area contributed by atoms with E-state index in [9.17, 15) is 22.4 Å². The maximum atomic E-state index is 14.0. The Bertz CT molecular complexity index is 1670. The predicted octanol–water partition coefficient (Wildman–Crippen LogP) is 7.42. The van der Waals surface area contributed by atoms with E-state index in [0.717, 1.165) is 32.3 Å². The van der Waals surface area contributed by atoms with Gasteiger partial charge in [-0.1, -0.05) is 12.1 Å². The number of ether oxygens (including phenoxy) is 1. The molecule has 0 aliphatic rings. The number of alkyl halides is 3. The minimum absolute atomic E-state index is 0.347. The van der Waals surface area contributed by atoms with E-state index in [4.69, 9.17) is 10.5 Å². The molecule has 2 amide bonds. The van der Waals surface area contributed by atoms with E-state index in [-0.39, 0.29) is 0 Å². The van der Waals surface area contributed by atoms with Gasteiger partial charge in [-0.2, -0.15) is 13.2 Å². The minimum Gasteiger partial charge on any atom is -0.481 e. The van der Waals surface area contributed by atoms with Crippen LogP contribution < -0.4 is 21.1 Å². The summed E-state index contributed by atoms with van der Waals surface area (Å²) < 4.78 is 58.8. The van der Waals surface area contributed by atoms with Crippen molar-refractivity contribution in [3.05, 3.63) is 83.8 Å². The van der Waals surface area contributed by atoms with E-state index in [0.29, 0.717) is 35.6 Å². The zero-order valence-corrected chi connectivity index (χ0v) is 21.0. The lowest BCUT2D eigenvalue weighted by molar-refractivity contribution is -0.137. The van der Waals surface area contributed by atoms with E-state index in [1.807, 2.05) is 11.4 Å². The maximum absolute atomic E-state index is 14.0. The van der Waals surface area contributed by atoms with E-state index >= 15 is 0 Å². The van der Waals surface area contributed by atoms with Crippen LogP contribution in [0.15, 0.2) is 72.4 Å². The van der Waals surface area contributed by atoms with Crippen LogP contribution >= 0.6 is 11.3 Å². The van der Waals surface area contributed by atoms with Gasteiger partial charge >= 0.3 is 12.2 Å². The lowest BCUT2D eigenvalue weighted by Gasteiger charge is -2.12. The summed E-state index contributed by atoms with van der Waals surface area (Å²) in [6.07, 6.45) is -1.28. The first kappa shape index (κ1) is 25.9. The van der Waals surface area contributed by atoms with Crippen LogP contribution in [-0.4, -0.2) is 23.1 Å². The van der Waals surface area contributed by atoms with Crippen molar-refractivity contribution in [2.24, 2.45) is 0 Å². The Morgan fingerprint density at radius 1 is 0.949 bits per heavy atom. The van der Waals surface area contributed by atoms with Crippen molar-refractivity contribution in [3.8, 4) is 28.1 Å². The third kappa shape index (κ3) is 5.32. The standard InChI is InChI=1S/C27H19F4N5O2S/c1-38-22-9-4-15(11-33-22)18-12-34-25(32)23-19(13-39-24(18)23)14-2-6-17(7-3-14)35-26(37)36-21-10-16(27(29,30)31)5-8-20(21)28/h2-13H,1H3,(H2,32,34)(H2,35,36,37). The number of pyridine rings is 2. The number of nitrogens with one attached hydrogen (secondary N) is 2. The number of carbonyl (C=O) groups is 1. The molecule has 198 valence electrons. The monoisotopic (exact) mass is 553 g/mol. The number of carbonyl (C=O) groups excluding carboxylic acids is 1. The molecule has 4 N–H and O–H groups in total. The predicted molar refractivity (Wildman–Crippen MR) is 143 cm³/mol. The van der Waals surface area contributed by atoms with Gasteiger partial charge in [0.05, 0.1) is 18.4 Å². The highest BCUT2D eigenvalue weighted by Crippen LogP contribution is 2.42. The highest BCUT2D eigenvalue weighted by atomic mass is 32.1. The molecule has 0 fully saturated rings. The summed E-state index contributed by atoms with van der Waals surface area (Å²) in [7, 11) is 1.54. The molecule has 3 aromatic heterocycles. The van der Waals surface area contributed by atoms with Gasteiger partial charge in [-0.15, -0.1) is 11.3 Å². The van der Waals surface area contributed by atoms with Gasteiger partial charge in [0, 0.05) is 50.9 Å². The number of methoxy groups -OCH3 is 1. The van der Waals surface area contributed by atoms with Crippen LogP contribution in [0.1, 0.15) is 5.56 Å². The topological polar surface area (TPSA) is 102 Å². The van der Waals surface area contributed by atoms with Crippen molar-refractivity contribution < 1.29 is 27.1 Å². The first-order chi connectivity index (χ1) is 18.6. The molecule has 0 saturated heterocycles. The van der Waals surface area contributed by atoms with Crippen molar-refractivity contribution in [1.82, 2.24) is 9.97 Å². The number of nitrogens with two attached hydrogens (primary N) is 1. The summed E-state index contributed by atoms with van der Waals surface area (Å²) in [5.74, 6) is -0.141. The highest BCUT2D eigenvalue weighted by molar-refractivity contribution is 7.18. The van der Waals surface area contributed by atoms with Crippen LogP contribution in [0.5, 0.6) is 5.88 Å². The Kier molecular flexibility index (Phi) is 6.79. The van der Waals surface area contributed by atoms with E-state index in [1.165, 1.54) is 11.3 Å². The number of anilines is 3. The number of nitrogen functional groups attached to an aromatic ring is 1. The van der Waals surface area contributed by atoms with Crippen LogP contribution in [0.25, 0.3) is 32.3 Å². The number of aromatic nitrogens is 2. The fourth-order valence-electron chi connectivity index (χ4n) is 3.96. The van der Waals surface area contributed by atoms with Crippen LogP contribution in [0.2, 0.25) is 0 Å². The zero-order chi connectivity index (χ0) is 27.7. The molecule has 2 aromatic carbocycles. The summed E-state index contributed by atoms with van der Waals surface area (Å²) in [5.41, 5.74) is 8.28. The molecule has 0 atom stereocenters. The molecule has 0 saturated carbocycles. The molecule has 0 radical (unpaired) electrons. The number of amides is 2. The largest absolute Gasteiger partial charge is 0.481 e. The molecule has 3 heterocycles. The number of hydrogen-bond acceptors (Lipinski definition) is 6. The summed E-state index contributed by atoms with van der Waals surface area (Å²) in [6, 6.07) is 11.3. The van der Waals surface area contributed by atoms with Gasteiger partial charge in [0.2, 0.25) is 5.88 Å². The second-order valence-electron chi connectivity index (χ2n) is 8.35. The van der Waals surface area contributed by atoms with Gasteiger partial charge in [0.25, 0.3) is 0 Å². The SMILES string of the molecule is COc1ccc(-c2cnc(N)c3c(-c4ccc(NC(=O)Nc5cc(C(F)(F)F)ccc5F)cc4)csc23)cn1. The minimum atomic E-state index is -4.67. The molecule has 0 spiro atoms. The van der Waals surface area contributed by atoms with E-state index in [2.05, 4.69) is 20.6 Å². The molecule has 7 nitrogen and oxygen atoms in total. The smallest absolute Gasteiger partial charge is 0.416 e. The molecule has 0 unspecified atom stereocenters. The fourth-order valence-corrected chi connectivity index (χ4v) is 5.08. The third-order valence-corrected chi connectivity index (χ3v) is 6.89. The Labute approximate surface area is 223 Å². The van der Waals surface area contributed by atoms with Crippen LogP contribution in [-0.2, 0) is 6.18 Å². The van der Waals surface area contributed by atoms with Gasteiger partial charge in [-0.3, -0.25) is 0 Å². The van der Waals surface area contributed by atoms with Crippen LogP contribution in [0.4, 0.5) is 39.5 Å². The Morgan fingerprint density at radius 3 is 2.36 bits per heavy atom. The van der Waals surface area contributed by atoms with Gasteiger partial charge in [0.1, 0.15) is 11.6 Å². The summed E-state index contributed by atoms with van der Waals surface area (Å²) in [6.45, 7) is 0. The number of hydrogen-bond donors (Lipinski definition) is 3. The van der Waals surface area contributed by atoms with Crippen molar-refractivity contribution in [3.63, 3.8) is 0 Å². The molecule has 0 bridgehead atoms. The molecular formula is C27H19F4N5O2S. The molecule has 5 aromatic rings. The summed E-state index contributed by atoms with van der Waals surface area (Å²) in [5, 5.41) is 7.32. The number of fused-ring (bicyclic) bond motifs is 1. The Morgan fingerprint density at radius 2 is 1.69 bits per heavy atom. The lowest BCUT2D eigenvalue weighted by Crippen LogP contribution is -2.20. The van der Waals surface area contributed by atoms with E-state index < -0.39 is 29.3 Å². The lowest BCUT2D eigenvalue weighted by atomic mass is 10.0. The number of urea groups is 1. The van der Waals surface area contributed by atoms with Crippen LogP contribution in [0, 0.1) is 5.82 Å². The number of benzene rings is 2. The quantitative estimate of drug-likeness (QED) is 0.197. The third-order valence-electron chi connectivity index (χ3n) is 5.88. The van der Waals surface area contributed by atoms with Crippen molar-refractivity contribution in [2.75, 3.05) is 23.5 Å². The fraction of sp³-hybridized carbons (Fsp3) is 0.0741. The second kappa shape index (κ2) is 10.2. The normalized spacial score (nSPS) is 11.4. The average molecular weight is 554 g/mol. The zero-order valence-electron chi connectivity index (χ0n) is 20.1. The molecule has 12 heteroatoms. The van der Waals surface area contributed by atoms with Crippen molar-refractivity contribution >= 4 is 44.6 Å². The van der Waals surface area contributed by atoms with Gasteiger partial charge in [-0.05, 0) is 47.3 Å². The Hall–Kier alpha value is -4.71. The van der Waals surface area contributed by atoms with Crippen LogP contribution in [0.3, 0.4) is 0 Å². The van der Waals surface area contributed by atoms with Gasteiger partial charge < -0.3 is 21.1 Å². The van der Waals surface area contributed by atoms with Crippen molar-refractivity contribution in [2.45, 2.75) is 6.18 Å². The summed E-state index contributed by atoms with van der Waals surface area (Å²) >= 11 is 1.50. The highest BCUT2D eigenvalue weighted by Gasteiger charge is 2.31. The maximum Gasteiger partial charge on any atom is 0.416 e. The summed E-state index contributed by atoms with van der Waals surface area (Å²) in [4.78, 5) is 21.0. The first-order valence-electron chi connectivity index (χ1n) is 11.4. The number of halogens is 4. The molecule has 0 aliphatic carbocycles. The Balaban J connectivity index is 1.37. The first-order valence-corrected chi connectivity index (χ1v) is 12.2. The molecular weight excluding hydrogens is 534 g/mol. The van der Waals surface area contributed by atoms with E-state index in [1.54, 1.807) is 49.8 Å². The average Bonchev–Trinajstić information content (AvgIpc) is 3.36. The molecule has 0 aliphatic heterocycles. The number of thiophene rings is 1. The van der Waals surface area contributed by atoms with Crippen molar-refractivity contribution in [1.29, 1.82) is 0 Å². The number of nitrogens with zero attached hydrogens (tertiary/aromatic N) is 2. The van der Waals surface area contributed by atoms with Gasteiger partial charge in [0.15, 0.2) is 0 Å². The molecule has 5 rings (SSSR count). The second-order valence-corrected chi connectivity index (χ2v) is 9.23. The number of rotatable bonds is 5. The van der Waals surface area contributed by atoms with Gasteiger partial charge in [-0.25, -0.2) is 19.2 Å².